The van der Waals surface area contributed by atoms with Crippen LogP contribution in [-0.4, -0.2) is 43.7 Å². The Bertz CT molecular complexity index is 1160. The predicted octanol–water partition coefficient (Wildman–Crippen LogP) is 2.73. The summed E-state index contributed by atoms with van der Waals surface area (Å²) in [6.45, 7) is 6.49. The lowest BCUT2D eigenvalue weighted by atomic mass is 9.99. The van der Waals surface area contributed by atoms with E-state index in [1.54, 1.807) is 17.1 Å². The van der Waals surface area contributed by atoms with E-state index in [4.69, 9.17) is 0 Å². The molecule has 1 aliphatic rings. The fourth-order valence-corrected chi connectivity index (χ4v) is 3.79. The Morgan fingerprint density at radius 2 is 2.00 bits per heavy atom. The van der Waals surface area contributed by atoms with E-state index in [0.717, 1.165) is 11.6 Å². The maximum atomic E-state index is 13.3. The topological polar surface area (TPSA) is 101 Å². The highest BCUT2D eigenvalue weighted by Crippen LogP contribution is 2.34. The van der Waals surface area contributed by atoms with Crippen LogP contribution in [0.2, 0.25) is 0 Å². The highest BCUT2D eigenvalue weighted by atomic mass is 19.2. The molecule has 2 N–H and O–H groups in total. The van der Waals surface area contributed by atoms with Gasteiger partial charge in [0.15, 0.2) is 11.6 Å². The average Bonchev–Trinajstić information content (AvgIpc) is 3.17. The Labute approximate surface area is 183 Å². The number of nitrogens with one attached hydrogen (secondary N) is 2. The van der Waals surface area contributed by atoms with Crippen LogP contribution in [0.4, 0.5) is 26.2 Å². The van der Waals surface area contributed by atoms with E-state index in [1.165, 1.54) is 6.20 Å². The van der Waals surface area contributed by atoms with Gasteiger partial charge in [-0.15, -0.1) is 0 Å². The number of nitrogens with zero attached hydrogens (tertiary/aromatic N) is 6. The highest BCUT2D eigenvalue weighted by Gasteiger charge is 2.35. The van der Waals surface area contributed by atoms with Crippen molar-refractivity contribution >= 4 is 23.4 Å². The highest BCUT2D eigenvalue weighted by molar-refractivity contribution is 6.03. The number of hydrogen-bond donors (Lipinski definition) is 2. The fraction of sp³-hybridized carbons (Fsp3) is 0.381. The van der Waals surface area contributed by atoms with Crippen molar-refractivity contribution in [2.45, 2.75) is 39.9 Å². The van der Waals surface area contributed by atoms with Crippen molar-refractivity contribution < 1.29 is 13.6 Å². The summed E-state index contributed by atoms with van der Waals surface area (Å²) in [5.74, 6) is -0.952. The molecule has 0 saturated heterocycles. The van der Waals surface area contributed by atoms with Crippen molar-refractivity contribution in [1.29, 1.82) is 0 Å². The van der Waals surface area contributed by atoms with Gasteiger partial charge in [0.05, 0.1) is 18.4 Å². The number of likely N-dealkylation sites (N-methyl/N-ethyl adjacent to an activating group) is 1. The summed E-state index contributed by atoms with van der Waals surface area (Å²) in [5.41, 5.74) is 2.65. The van der Waals surface area contributed by atoms with Crippen LogP contribution in [0.3, 0.4) is 0 Å². The second-order valence-corrected chi connectivity index (χ2v) is 8.14. The van der Waals surface area contributed by atoms with E-state index >= 15 is 0 Å². The van der Waals surface area contributed by atoms with Crippen molar-refractivity contribution in [3.8, 4) is 0 Å². The minimum Gasteiger partial charge on any atom is -0.350 e. The number of rotatable bonds is 6. The maximum Gasteiger partial charge on any atom is 0.248 e. The van der Waals surface area contributed by atoms with Gasteiger partial charge in [-0.3, -0.25) is 9.48 Å². The normalized spacial score (nSPS) is 15.7. The Morgan fingerprint density at radius 3 is 2.72 bits per heavy atom. The predicted molar refractivity (Wildman–Crippen MR) is 115 cm³/mol. The molecule has 0 spiro atoms. The Balaban J connectivity index is 1.46. The molecular weight excluding hydrogens is 418 g/mol. The lowest BCUT2D eigenvalue weighted by Gasteiger charge is -2.36. The maximum absolute atomic E-state index is 13.3. The first kappa shape index (κ1) is 21.6. The molecule has 0 bridgehead atoms. The van der Waals surface area contributed by atoms with E-state index in [1.807, 2.05) is 32.7 Å². The average molecular weight is 442 g/mol. The number of hydrogen-bond acceptors (Lipinski definition) is 7. The van der Waals surface area contributed by atoms with Crippen LogP contribution < -0.4 is 15.5 Å². The number of aryl methyl sites for hydroxylation is 1. The van der Waals surface area contributed by atoms with Gasteiger partial charge in [-0.05, 0) is 24.5 Å². The molecule has 0 saturated carbocycles. The summed E-state index contributed by atoms with van der Waals surface area (Å²) in [6, 6.07) is 0.791. The van der Waals surface area contributed by atoms with Gasteiger partial charge in [0.1, 0.15) is 11.7 Å². The Hall–Kier alpha value is -3.63. The van der Waals surface area contributed by atoms with E-state index in [2.05, 4.69) is 30.7 Å². The molecule has 1 atom stereocenters. The first-order chi connectivity index (χ1) is 15.2. The summed E-state index contributed by atoms with van der Waals surface area (Å²) in [5, 5.41) is 10.4. The van der Waals surface area contributed by atoms with Crippen molar-refractivity contribution in [3.05, 3.63) is 53.2 Å². The molecule has 0 aliphatic carbocycles. The molecule has 1 unspecified atom stereocenters. The Morgan fingerprint density at radius 1 is 1.22 bits per heavy atom. The third-order valence-electron chi connectivity index (χ3n) is 5.31. The van der Waals surface area contributed by atoms with Gasteiger partial charge in [0.25, 0.3) is 0 Å². The molecule has 32 heavy (non-hydrogen) atoms. The van der Waals surface area contributed by atoms with Crippen molar-refractivity contribution in [1.82, 2.24) is 24.7 Å². The van der Waals surface area contributed by atoms with Crippen LogP contribution in [0.15, 0.2) is 24.7 Å². The van der Waals surface area contributed by atoms with Crippen LogP contribution >= 0.6 is 0 Å². The van der Waals surface area contributed by atoms with Gasteiger partial charge < -0.3 is 15.5 Å². The standard InChI is InChI=1S/C21H24F2N8O/c1-11(2)17-20(32)28-16-12(3)27-21(29-19(16)30(17)4)25-7-14-8-26-31(10-14)9-13-5-15(22)18(23)24-6-13/h5-6,8,10-11,17H,7,9H2,1-4H3,(H,28,32)(H,25,27,29). The zero-order valence-corrected chi connectivity index (χ0v) is 18.2. The lowest BCUT2D eigenvalue weighted by Crippen LogP contribution is -2.49. The molecule has 11 heteroatoms. The molecule has 168 valence electrons. The monoisotopic (exact) mass is 442 g/mol. The summed E-state index contributed by atoms with van der Waals surface area (Å²) in [6.07, 6.45) is 4.74. The van der Waals surface area contributed by atoms with Gasteiger partial charge in [0, 0.05) is 31.5 Å². The van der Waals surface area contributed by atoms with E-state index < -0.39 is 11.8 Å². The molecular formula is C21H24F2N8O. The third kappa shape index (κ3) is 4.23. The van der Waals surface area contributed by atoms with Gasteiger partial charge in [-0.2, -0.15) is 14.5 Å². The molecule has 0 aromatic carbocycles. The van der Waals surface area contributed by atoms with Crippen molar-refractivity contribution in [2.24, 2.45) is 5.92 Å². The van der Waals surface area contributed by atoms with E-state index in [9.17, 15) is 13.6 Å². The van der Waals surface area contributed by atoms with Crippen LogP contribution in [0.25, 0.3) is 0 Å². The molecule has 3 aromatic heterocycles. The molecule has 0 fully saturated rings. The number of carbonyl (C=O) groups is 1. The summed E-state index contributed by atoms with van der Waals surface area (Å²) >= 11 is 0. The van der Waals surface area contributed by atoms with Gasteiger partial charge in [-0.1, -0.05) is 13.8 Å². The van der Waals surface area contributed by atoms with Crippen LogP contribution in [0, 0.1) is 24.6 Å². The van der Waals surface area contributed by atoms with E-state index in [-0.39, 0.29) is 24.4 Å². The van der Waals surface area contributed by atoms with Crippen molar-refractivity contribution in [3.63, 3.8) is 0 Å². The van der Waals surface area contributed by atoms with Crippen molar-refractivity contribution in [2.75, 3.05) is 22.6 Å². The molecule has 1 aliphatic heterocycles. The first-order valence-electron chi connectivity index (χ1n) is 10.2. The summed E-state index contributed by atoms with van der Waals surface area (Å²) in [7, 11) is 1.86. The van der Waals surface area contributed by atoms with Gasteiger partial charge >= 0.3 is 0 Å². The first-order valence-corrected chi connectivity index (χ1v) is 10.2. The number of halogens is 2. The second-order valence-electron chi connectivity index (χ2n) is 8.14. The molecule has 4 rings (SSSR count). The number of anilines is 3. The zero-order valence-electron chi connectivity index (χ0n) is 18.2. The molecule has 0 radical (unpaired) electrons. The van der Waals surface area contributed by atoms with Gasteiger partial charge in [-0.25, -0.2) is 14.4 Å². The van der Waals surface area contributed by atoms with Crippen LogP contribution in [-0.2, 0) is 17.9 Å². The summed E-state index contributed by atoms with van der Waals surface area (Å²) in [4.78, 5) is 26.8. The molecule has 1 amide bonds. The van der Waals surface area contributed by atoms with Gasteiger partial charge in [0.2, 0.25) is 17.8 Å². The smallest absolute Gasteiger partial charge is 0.248 e. The molecule has 9 nitrogen and oxygen atoms in total. The number of fused-ring (bicyclic) bond motifs is 1. The minimum absolute atomic E-state index is 0.0638. The molecule has 3 aromatic rings. The number of amides is 1. The zero-order chi connectivity index (χ0) is 23.0. The number of pyridine rings is 1. The summed E-state index contributed by atoms with van der Waals surface area (Å²) < 4.78 is 27.9. The number of aromatic nitrogens is 5. The van der Waals surface area contributed by atoms with Crippen LogP contribution in [0.5, 0.6) is 0 Å². The fourth-order valence-electron chi connectivity index (χ4n) is 3.79. The number of carbonyl (C=O) groups excluding carboxylic acids is 1. The lowest BCUT2D eigenvalue weighted by molar-refractivity contribution is -0.118. The third-order valence-corrected chi connectivity index (χ3v) is 5.31. The van der Waals surface area contributed by atoms with E-state index in [0.29, 0.717) is 35.3 Å². The minimum atomic E-state index is -1.12. The quantitative estimate of drug-likeness (QED) is 0.566. The SMILES string of the molecule is Cc1nc(NCc2cnn(Cc3cnc(F)c(F)c3)c2)nc2c1NC(=O)C(C(C)C)N2C. The molecule has 4 heterocycles. The largest absolute Gasteiger partial charge is 0.350 e. The Kier molecular flexibility index (Phi) is 5.72. The second kappa shape index (κ2) is 8.48. The van der Waals surface area contributed by atoms with Crippen LogP contribution in [0.1, 0.15) is 30.7 Å².